The third-order valence-electron chi connectivity index (χ3n) is 2.36. The van der Waals surface area contributed by atoms with Gasteiger partial charge < -0.3 is 10.0 Å². The number of carboxylic acid groups (broad SMARTS) is 1. The predicted molar refractivity (Wildman–Crippen MR) is 66.3 cm³/mol. The molecule has 1 N–H and O–H groups in total. The molecule has 0 aromatic heterocycles. The van der Waals surface area contributed by atoms with Crippen LogP contribution in [0.5, 0.6) is 0 Å². The van der Waals surface area contributed by atoms with E-state index in [9.17, 15) is 4.79 Å². The lowest BCUT2D eigenvalue weighted by atomic mass is 10.1. The second kappa shape index (κ2) is 6.12. The minimum absolute atomic E-state index is 0.00372. The summed E-state index contributed by atoms with van der Waals surface area (Å²) in [5, 5.41) is 18.0. The van der Waals surface area contributed by atoms with E-state index in [0.717, 1.165) is 11.3 Å². The molecular weight excluding hydrogens is 240 g/mol. The molecular formula is C12H13ClN2O2. The number of aliphatic carboxylic acids is 1. The Labute approximate surface area is 105 Å². The maximum atomic E-state index is 10.5. The van der Waals surface area contributed by atoms with E-state index in [1.54, 1.807) is 23.1 Å². The van der Waals surface area contributed by atoms with E-state index in [-0.39, 0.29) is 13.0 Å². The van der Waals surface area contributed by atoms with Gasteiger partial charge in [-0.1, -0.05) is 11.6 Å². The molecule has 0 atom stereocenters. The average molecular weight is 253 g/mol. The van der Waals surface area contributed by atoms with Crippen molar-refractivity contribution in [2.45, 2.75) is 13.3 Å². The van der Waals surface area contributed by atoms with Crippen molar-refractivity contribution < 1.29 is 9.90 Å². The van der Waals surface area contributed by atoms with Gasteiger partial charge in [-0.15, -0.1) is 0 Å². The maximum absolute atomic E-state index is 10.5. The van der Waals surface area contributed by atoms with Crippen LogP contribution >= 0.6 is 11.6 Å². The molecule has 0 fully saturated rings. The molecule has 4 nitrogen and oxygen atoms in total. The van der Waals surface area contributed by atoms with Crippen molar-refractivity contribution in [3.63, 3.8) is 0 Å². The van der Waals surface area contributed by atoms with Crippen LogP contribution in [0, 0.1) is 18.3 Å². The monoisotopic (exact) mass is 252 g/mol. The van der Waals surface area contributed by atoms with Crippen molar-refractivity contribution >= 4 is 23.3 Å². The molecule has 0 saturated heterocycles. The van der Waals surface area contributed by atoms with Crippen LogP contribution in [-0.2, 0) is 4.79 Å². The Morgan fingerprint density at radius 1 is 1.59 bits per heavy atom. The van der Waals surface area contributed by atoms with Crippen LogP contribution in [-0.4, -0.2) is 24.2 Å². The number of hydrogen-bond donors (Lipinski definition) is 1. The zero-order valence-electron chi connectivity index (χ0n) is 9.48. The quantitative estimate of drug-likeness (QED) is 0.818. The topological polar surface area (TPSA) is 64.3 Å². The standard InChI is InChI=1S/C12H13ClN2O2/c1-9-8-10(13)2-3-11(9)15(7-5-14)6-4-12(16)17/h2-3,8H,4,6-7H2,1H3,(H,16,17). The number of carbonyl (C=O) groups is 1. The Hall–Kier alpha value is -1.73. The SMILES string of the molecule is Cc1cc(Cl)ccc1N(CC#N)CCC(=O)O. The molecule has 0 amide bonds. The van der Waals surface area contributed by atoms with Crippen LogP contribution in [0.1, 0.15) is 12.0 Å². The third-order valence-corrected chi connectivity index (χ3v) is 2.59. The molecule has 17 heavy (non-hydrogen) atoms. The van der Waals surface area contributed by atoms with Gasteiger partial charge in [-0.2, -0.15) is 5.26 Å². The number of rotatable bonds is 5. The summed E-state index contributed by atoms with van der Waals surface area (Å²) in [6, 6.07) is 7.36. The van der Waals surface area contributed by atoms with Crippen molar-refractivity contribution in [1.29, 1.82) is 5.26 Å². The van der Waals surface area contributed by atoms with E-state index in [0.29, 0.717) is 11.6 Å². The minimum Gasteiger partial charge on any atom is -0.481 e. The van der Waals surface area contributed by atoms with Crippen LogP contribution in [0.25, 0.3) is 0 Å². The van der Waals surface area contributed by atoms with E-state index in [2.05, 4.69) is 0 Å². The summed E-state index contributed by atoms with van der Waals surface area (Å²) in [7, 11) is 0. The fraction of sp³-hybridized carbons (Fsp3) is 0.333. The highest BCUT2D eigenvalue weighted by atomic mass is 35.5. The zero-order valence-corrected chi connectivity index (χ0v) is 10.2. The van der Waals surface area contributed by atoms with Crippen LogP contribution in [0.3, 0.4) is 0 Å². The third kappa shape index (κ3) is 3.97. The number of hydrogen-bond acceptors (Lipinski definition) is 3. The zero-order chi connectivity index (χ0) is 12.8. The lowest BCUT2D eigenvalue weighted by Gasteiger charge is -2.23. The van der Waals surface area contributed by atoms with Crippen LogP contribution < -0.4 is 4.90 Å². The highest BCUT2D eigenvalue weighted by Gasteiger charge is 2.10. The summed E-state index contributed by atoms with van der Waals surface area (Å²) in [6.07, 6.45) is 0.00372. The molecule has 0 heterocycles. The normalized spacial score (nSPS) is 9.71. The van der Waals surface area contributed by atoms with Gasteiger partial charge in [0.2, 0.25) is 0 Å². The molecule has 0 unspecified atom stereocenters. The predicted octanol–water partition coefficient (Wildman–Crippen LogP) is 2.45. The van der Waals surface area contributed by atoms with Gasteiger partial charge in [0.05, 0.1) is 12.5 Å². The van der Waals surface area contributed by atoms with Gasteiger partial charge in [-0.05, 0) is 30.7 Å². The first-order valence-corrected chi connectivity index (χ1v) is 5.52. The van der Waals surface area contributed by atoms with Gasteiger partial charge in [0.25, 0.3) is 0 Å². The molecule has 0 saturated carbocycles. The first-order chi connectivity index (χ1) is 8.04. The summed E-state index contributed by atoms with van der Waals surface area (Å²) in [4.78, 5) is 12.3. The molecule has 1 aromatic rings. The van der Waals surface area contributed by atoms with Crippen LogP contribution in [0.15, 0.2) is 18.2 Å². The van der Waals surface area contributed by atoms with Gasteiger partial charge in [0.15, 0.2) is 0 Å². The van der Waals surface area contributed by atoms with Gasteiger partial charge in [-0.3, -0.25) is 4.79 Å². The Kier molecular flexibility index (Phi) is 4.80. The summed E-state index contributed by atoms with van der Waals surface area (Å²) < 4.78 is 0. The summed E-state index contributed by atoms with van der Waals surface area (Å²) in [6.45, 7) is 2.35. The summed E-state index contributed by atoms with van der Waals surface area (Å²) in [5.41, 5.74) is 1.77. The lowest BCUT2D eigenvalue weighted by molar-refractivity contribution is -0.136. The lowest BCUT2D eigenvalue weighted by Crippen LogP contribution is -2.27. The van der Waals surface area contributed by atoms with Gasteiger partial charge in [0, 0.05) is 17.3 Å². The Balaban J connectivity index is 2.89. The smallest absolute Gasteiger partial charge is 0.305 e. The van der Waals surface area contributed by atoms with Gasteiger partial charge >= 0.3 is 5.97 Å². The maximum Gasteiger partial charge on any atom is 0.305 e. The van der Waals surface area contributed by atoms with Crippen LogP contribution in [0.2, 0.25) is 5.02 Å². The van der Waals surface area contributed by atoms with Crippen LogP contribution in [0.4, 0.5) is 5.69 Å². The first kappa shape index (κ1) is 13.3. The van der Waals surface area contributed by atoms with Crippen molar-refractivity contribution in [2.24, 2.45) is 0 Å². The van der Waals surface area contributed by atoms with Crippen molar-refractivity contribution in [2.75, 3.05) is 18.0 Å². The Morgan fingerprint density at radius 3 is 2.82 bits per heavy atom. The van der Waals surface area contributed by atoms with Crippen molar-refractivity contribution in [3.8, 4) is 6.07 Å². The van der Waals surface area contributed by atoms with Crippen molar-refractivity contribution in [3.05, 3.63) is 28.8 Å². The average Bonchev–Trinajstić information content (AvgIpc) is 2.24. The molecule has 5 heteroatoms. The molecule has 90 valence electrons. The molecule has 0 aliphatic rings. The molecule has 1 rings (SSSR count). The summed E-state index contributed by atoms with van der Waals surface area (Å²) >= 11 is 5.85. The fourth-order valence-electron chi connectivity index (χ4n) is 1.57. The molecule has 0 bridgehead atoms. The Bertz CT molecular complexity index is 454. The molecule has 0 radical (unpaired) electrons. The van der Waals surface area contributed by atoms with E-state index in [1.807, 2.05) is 13.0 Å². The summed E-state index contributed by atoms with van der Waals surface area (Å²) in [5.74, 6) is -0.875. The highest BCUT2D eigenvalue weighted by molar-refractivity contribution is 6.30. The Morgan fingerprint density at radius 2 is 2.29 bits per heavy atom. The second-order valence-electron chi connectivity index (χ2n) is 3.65. The van der Waals surface area contributed by atoms with Crippen molar-refractivity contribution in [1.82, 2.24) is 0 Å². The first-order valence-electron chi connectivity index (χ1n) is 5.14. The van der Waals surface area contributed by atoms with E-state index >= 15 is 0 Å². The van der Waals surface area contributed by atoms with E-state index < -0.39 is 5.97 Å². The molecule has 0 spiro atoms. The second-order valence-corrected chi connectivity index (χ2v) is 4.09. The van der Waals surface area contributed by atoms with Gasteiger partial charge in [0.1, 0.15) is 6.54 Å². The number of aryl methyl sites for hydroxylation is 1. The van der Waals surface area contributed by atoms with E-state index in [4.69, 9.17) is 22.0 Å². The fourth-order valence-corrected chi connectivity index (χ4v) is 1.80. The highest BCUT2D eigenvalue weighted by Crippen LogP contribution is 2.23. The number of benzene rings is 1. The molecule has 0 aliphatic carbocycles. The molecule has 1 aromatic carbocycles. The number of nitriles is 1. The van der Waals surface area contributed by atoms with E-state index in [1.165, 1.54) is 0 Å². The van der Waals surface area contributed by atoms with Gasteiger partial charge in [-0.25, -0.2) is 0 Å². The minimum atomic E-state index is -0.875. The number of anilines is 1. The number of carboxylic acids is 1. The number of halogens is 1. The largest absolute Gasteiger partial charge is 0.481 e. The number of nitrogens with zero attached hydrogens (tertiary/aromatic N) is 2. The molecule has 0 aliphatic heterocycles.